The molecule has 1 atom stereocenters. The monoisotopic (exact) mass is 282 g/mol. The summed E-state index contributed by atoms with van der Waals surface area (Å²) in [5.41, 5.74) is 0.741. The maximum atomic E-state index is 11.4. The van der Waals surface area contributed by atoms with Crippen molar-refractivity contribution in [1.29, 1.82) is 0 Å². The number of carboxylic acid groups (broad SMARTS) is 1. The van der Waals surface area contributed by atoms with Crippen LogP contribution in [0.3, 0.4) is 0 Å². The normalized spacial score (nSPS) is 12.3. The minimum atomic E-state index is -0.776. The molecule has 1 aromatic carbocycles. The molecule has 1 rings (SSSR count). The highest BCUT2D eigenvalue weighted by Gasteiger charge is 2.21. The summed E-state index contributed by atoms with van der Waals surface area (Å²) in [6.07, 6.45) is 7.68. The first kappa shape index (κ1) is 16.0. The topological polar surface area (TPSA) is 37.3 Å². The summed E-state index contributed by atoms with van der Waals surface area (Å²) in [5.74, 6) is -1.25. The fourth-order valence-corrected chi connectivity index (χ4v) is 2.57. The number of hydrogen-bond donors (Lipinski definition) is 1. The molecule has 1 N–H and O–H groups in total. The molecule has 0 heterocycles. The van der Waals surface area contributed by atoms with Crippen LogP contribution in [0.5, 0.6) is 0 Å². The van der Waals surface area contributed by atoms with Gasteiger partial charge >= 0.3 is 5.97 Å². The van der Waals surface area contributed by atoms with Crippen LogP contribution in [0, 0.1) is 0 Å². The third kappa shape index (κ3) is 5.65. The first-order valence-electron chi connectivity index (χ1n) is 7.14. The summed E-state index contributed by atoms with van der Waals surface area (Å²) in [6.45, 7) is 2.19. The Balaban J connectivity index is 2.46. The molecule has 1 aromatic rings. The highest BCUT2D eigenvalue weighted by molar-refractivity contribution is 6.31. The molecule has 3 heteroatoms. The molecule has 0 aromatic heterocycles. The lowest BCUT2D eigenvalue weighted by Crippen LogP contribution is -2.12. The van der Waals surface area contributed by atoms with Gasteiger partial charge in [-0.15, -0.1) is 0 Å². The molecule has 106 valence electrons. The van der Waals surface area contributed by atoms with Crippen LogP contribution in [-0.4, -0.2) is 11.1 Å². The van der Waals surface area contributed by atoms with Crippen molar-refractivity contribution >= 4 is 17.6 Å². The summed E-state index contributed by atoms with van der Waals surface area (Å²) in [4.78, 5) is 11.4. The maximum absolute atomic E-state index is 11.4. The van der Waals surface area contributed by atoms with Crippen LogP contribution < -0.4 is 0 Å². The van der Waals surface area contributed by atoms with Crippen LogP contribution in [0.2, 0.25) is 5.02 Å². The molecule has 19 heavy (non-hydrogen) atoms. The van der Waals surface area contributed by atoms with Gasteiger partial charge in [0.15, 0.2) is 0 Å². The predicted molar refractivity (Wildman–Crippen MR) is 79.8 cm³/mol. The predicted octanol–water partition coefficient (Wildman–Crippen LogP) is 5.26. The number of aliphatic carboxylic acids is 1. The Morgan fingerprint density at radius 2 is 1.79 bits per heavy atom. The van der Waals surface area contributed by atoms with E-state index in [4.69, 9.17) is 11.6 Å². The van der Waals surface area contributed by atoms with E-state index in [9.17, 15) is 9.90 Å². The molecule has 0 saturated carbocycles. The van der Waals surface area contributed by atoms with Crippen molar-refractivity contribution in [3.63, 3.8) is 0 Å². The van der Waals surface area contributed by atoms with Gasteiger partial charge in [0.05, 0.1) is 5.92 Å². The Morgan fingerprint density at radius 3 is 2.42 bits per heavy atom. The fourth-order valence-electron chi connectivity index (χ4n) is 2.30. The minimum Gasteiger partial charge on any atom is -0.481 e. The molecule has 0 aliphatic carbocycles. The zero-order valence-corrected chi connectivity index (χ0v) is 12.3. The largest absolute Gasteiger partial charge is 0.481 e. The van der Waals surface area contributed by atoms with Crippen LogP contribution in [0.4, 0.5) is 0 Å². The van der Waals surface area contributed by atoms with Gasteiger partial charge in [0, 0.05) is 5.02 Å². The van der Waals surface area contributed by atoms with E-state index < -0.39 is 11.9 Å². The van der Waals surface area contributed by atoms with Gasteiger partial charge < -0.3 is 5.11 Å². The smallest absolute Gasteiger partial charge is 0.311 e. The van der Waals surface area contributed by atoms with Gasteiger partial charge in [-0.2, -0.15) is 0 Å². The van der Waals surface area contributed by atoms with E-state index in [2.05, 4.69) is 6.92 Å². The summed E-state index contributed by atoms with van der Waals surface area (Å²) in [6, 6.07) is 7.25. The van der Waals surface area contributed by atoms with Crippen molar-refractivity contribution in [3.8, 4) is 0 Å². The van der Waals surface area contributed by atoms with E-state index in [0.29, 0.717) is 11.4 Å². The highest BCUT2D eigenvalue weighted by atomic mass is 35.5. The number of benzene rings is 1. The van der Waals surface area contributed by atoms with Crippen molar-refractivity contribution < 1.29 is 9.90 Å². The van der Waals surface area contributed by atoms with Crippen molar-refractivity contribution in [2.45, 2.75) is 57.8 Å². The molecule has 0 aliphatic rings. The molecule has 2 nitrogen and oxygen atoms in total. The Labute approximate surface area is 120 Å². The molecular weight excluding hydrogens is 260 g/mol. The van der Waals surface area contributed by atoms with Gasteiger partial charge in [-0.05, 0) is 18.1 Å². The van der Waals surface area contributed by atoms with E-state index in [0.717, 1.165) is 18.4 Å². The molecule has 0 bridgehead atoms. The van der Waals surface area contributed by atoms with E-state index >= 15 is 0 Å². The molecule has 0 aliphatic heterocycles. The maximum Gasteiger partial charge on any atom is 0.311 e. The Morgan fingerprint density at radius 1 is 1.16 bits per heavy atom. The number of unbranched alkanes of at least 4 members (excludes halogenated alkanes) is 5. The Bertz CT molecular complexity index is 390. The third-order valence-electron chi connectivity index (χ3n) is 3.43. The van der Waals surface area contributed by atoms with Gasteiger partial charge in [-0.1, -0.05) is 75.2 Å². The van der Waals surface area contributed by atoms with E-state index in [1.165, 1.54) is 25.7 Å². The van der Waals surface area contributed by atoms with E-state index in [-0.39, 0.29) is 0 Å². The second-order valence-electron chi connectivity index (χ2n) is 4.97. The average Bonchev–Trinajstić information content (AvgIpc) is 2.39. The van der Waals surface area contributed by atoms with Crippen LogP contribution in [0.15, 0.2) is 24.3 Å². The second-order valence-corrected chi connectivity index (χ2v) is 5.38. The fraction of sp³-hybridized carbons (Fsp3) is 0.562. The lowest BCUT2D eigenvalue weighted by molar-refractivity contribution is -0.139. The van der Waals surface area contributed by atoms with Crippen LogP contribution in [-0.2, 0) is 4.79 Å². The average molecular weight is 283 g/mol. The third-order valence-corrected chi connectivity index (χ3v) is 3.77. The van der Waals surface area contributed by atoms with Gasteiger partial charge in [0.1, 0.15) is 0 Å². The lowest BCUT2D eigenvalue weighted by Gasteiger charge is -2.14. The molecule has 0 radical (unpaired) electrons. The van der Waals surface area contributed by atoms with Crippen molar-refractivity contribution in [2.75, 3.05) is 0 Å². The number of rotatable bonds is 9. The summed E-state index contributed by atoms with van der Waals surface area (Å²) < 4.78 is 0. The van der Waals surface area contributed by atoms with Gasteiger partial charge in [-0.3, -0.25) is 4.79 Å². The van der Waals surface area contributed by atoms with Gasteiger partial charge in [0.2, 0.25) is 0 Å². The first-order chi connectivity index (χ1) is 9.16. The Hall–Kier alpha value is -1.02. The second kappa shape index (κ2) is 8.98. The number of carbonyl (C=O) groups is 1. The zero-order chi connectivity index (χ0) is 14.1. The van der Waals surface area contributed by atoms with Crippen LogP contribution in [0.1, 0.15) is 63.4 Å². The van der Waals surface area contributed by atoms with Gasteiger partial charge in [-0.25, -0.2) is 0 Å². The Kier molecular flexibility index (Phi) is 7.57. The van der Waals surface area contributed by atoms with Gasteiger partial charge in [0.25, 0.3) is 0 Å². The number of carboxylic acids is 1. The minimum absolute atomic E-state index is 0.472. The standard InChI is InChI=1S/C16H23ClO2/c1-2-3-4-5-6-7-11-14(16(18)19)13-10-8-9-12-15(13)17/h8-10,12,14H,2-7,11H2,1H3,(H,18,19). The van der Waals surface area contributed by atoms with Crippen molar-refractivity contribution in [3.05, 3.63) is 34.9 Å². The van der Waals surface area contributed by atoms with Crippen LogP contribution >= 0.6 is 11.6 Å². The molecule has 0 spiro atoms. The quantitative estimate of drug-likeness (QED) is 0.627. The zero-order valence-electron chi connectivity index (χ0n) is 11.6. The first-order valence-corrected chi connectivity index (χ1v) is 7.51. The molecule has 0 saturated heterocycles. The van der Waals surface area contributed by atoms with Crippen molar-refractivity contribution in [2.24, 2.45) is 0 Å². The number of hydrogen-bond acceptors (Lipinski definition) is 1. The molecular formula is C16H23ClO2. The van der Waals surface area contributed by atoms with Crippen LogP contribution in [0.25, 0.3) is 0 Å². The molecule has 0 fully saturated rings. The van der Waals surface area contributed by atoms with Crippen molar-refractivity contribution in [1.82, 2.24) is 0 Å². The molecule has 1 unspecified atom stereocenters. The number of halogens is 1. The van der Waals surface area contributed by atoms with E-state index in [1.807, 2.05) is 18.2 Å². The van der Waals surface area contributed by atoms with E-state index in [1.54, 1.807) is 6.07 Å². The SMILES string of the molecule is CCCCCCCCC(C(=O)O)c1ccccc1Cl. The summed E-state index contributed by atoms with van der Waals surface area (Å²) in [7, 11) is 0. The molecule has 0 amide bonds. The summed E-state index contributed by atoms with van der Waals surface area (Å²) >= 11 is 6.08. The summed E-state index contributed by atoms with van der Waals surface area (Å²) in [5, 5.41) is 9.89. The highest BCUT2D eigenvalue weighted by Crippen LogP contribution is 2.29. The lowest BCUT2D eigenvalue weighted by atomic mass is 9.93.